The number of carbonyl (C=O) groups excluding carboxylic acids is 1. The standard InChI is InChI=1S/C17H18Cl2N2O5S2/c1-25-13-10-11(9-12(18)16(13)26-2)17(22)20-5-7-21(8-6-20)28(23,24)15-4-3-14(19)27-15/h3-4,9-10H,5-8H2,1-2H3. The Labute approximate surface area is 177 Å². The number of benzene rings is 1. The second-order valence-electron chi connectivity index (χ2n) is 5.95. The van der Waals surface area contributed by atoms with E-state index in [1.807, 2.05) is 0 Å². The molecule has 1 aliphatic rings. The van der Waals surface area contributed by atoms with Crippen molar-refractivity contribution in [1.82, 2.24) is 9.21 Å². The van der Waals surface area contributed by atoms with Crippen molar-refractivity contribution in [2.75, 3.05) is 40.4 Å². The van der Waals surface area contributed by atoms with Gasteiger partial charge < -0.3 is 14.4 Å². The molecule has 0 unspecified atom stereocenters. The lowest BCUT2D eigenvalue weighted by atomic mass is 10.1. The Hall–Kier alpha value is -1.52. The Morgan fingerprint density at radius 2 is 1.75 bits per heavy atom. The highest BCUT2D eigenvalue weighted by Gasteiger charge is 2.31. The van der Waals surface area contributed by atoms with Crippen LogP contribution in [-0.2, 0) is 10.0 Å². The lowest BCUT2D eigenvalue weighted by molar-refractivity contribution is 0.0697. The first-order chi connectivity index (χ1) is 13.3. The summed E-state index contributed by atoms with van der Waals surface area (Å²) in [4.78, 5) is 14.4. The molecule has 0 aliphatic carbocycles. The van der Waals surface area contributed by atoms with Gasteiger partial charge in [-0.25, -0.2) is 8.42 Å². The Morgan fingerprint density at radius 1 is 1.07 bits per heavy atom. The van der Waals surface area contributed by atoms with Gasteiger partial charge in [0.25, 0.3) is 15.9 Å². The van der Waals surface area contributed by atoms with Gasteiger partial charge in [0.1, 0.15) is 4.21 Å². The van der Waals surface area contributed by atoms with Gasteiger partial charge in [0.15, 0.2) is 11.5 Å². The summed E-state index contributed by atoms with van der Waals surface area (Å²) < 4.78 is 37.7. The fourth-order valence-corrected chi connectivity index (χ4v) is 6.27. The normalized spacial score (nSPS) is 15.5. The van der Waals surface area contributed by atoms with Crippen molar-refractivity contribution in [2.45, 2.75) is 4.21 Å². The van der Waals surface area contributed by atoms with Crippen LogP contribution in [0.15, 0.2) is 28.5 Å². The topological polar surface area (TPSA) is 76.2 Å². The molecule has 0 spiro atoms. The third-order valence-electron chi connectivity index (χ3n) is 4.35. The zero-order chi connectivity index (χ0) is 20.5. The minimum Gasteiger partial charge on any atom is -0.493 e. The van der Waals surface area contributed by atoms with Crippen molar-refractivity contribution in [1.29, 1.82) is 0 Å². The van der Waals surface area contributed by atoms with Crippen molar-refractivity contribution < 1.29 is 22.7 Å². The van der Waals surface area contributed by atoms with Crippen LogP contribution in [0.5, 0.6) is 11.5 Å². The summed E-state index contributed by atoms with van der Waals surface area (Å²) in [5, 5.41) is 0.265. The van der Waals surface area contributed by atoms with E-state index in [0.717, 1.165) is 11.3 Å². The van der Waals surface area contributed by atoms with Crippen molar-refractivity contribution in [3.8, 4) is 11.5 Å². The number of hydrogen-bond donors (Lipinski definition) is 0. The third kappa shape index (κ3) is 4.08. The Bertz CT molecular complexity index is 985. The summed E-state index contributed by atoms with van der Waals surface area (Å²) in [7, 11) is -0.684. The summed E-state index contributed by atoms with van der Waals surface area (Å²) >= 11 is 13.0. The smallest absolute Gasteiger partial charge is 0.254 e. The molecule has 7 nitrogen and oxygen atoms in total. The van der Waals surface area contributed by atoms with Gasteiger partial charge in [-0.15, -0.1) is 11.3 Å². The van der Waals surface area contributed by atoms with Gasteiger partial charge in [-0.1, -0.05) is 23.2 Å². The highest BCUT2D eigenvalue weighted by Crippen LogP contribution is 2.36. The van der Waals surface area contributed by atoms with Crippen LogP contribution >= 0.6 is 34.5 Å². The Balaban J connectivity index is 1.73. The van der Waals surface area contributed by atoms with Crippen LogP contribution in [0.2, 0.25) is 9.36 Å². The summed E-state index contributed by atoms with van der Waals surface area (Å²) in [6.45, 7) is 0.932. The van der Waals surface area contributed by atoms with E-state index in [0.29, 0.717) is 21.4 Å². The highest BCUT2D eigenvalue weighted by atomic mass is 35.5. The molecule has 1 fully saturated rings. The summed E-state index contributed by atoms with van der Waals surface area (Å²) in [5.74, 6) is 0.458. The first kappa shape index (κ1) is 21.2. The number of hydrogen-bond acceptors (Lipinski definition) is 6. The average Bonchev–Trinajstić information content (AvgIpc) is 3.14. The quantitative estimate of drug-likeness (QED) is 0.678. The number of nitrogens with zero attached hydrogens (tertiary/aromatic N) is 2. The Kier molecular flexibility index (Phi) is 6.41. The summed E-state index contributed by atoms with van der Waals surface area (Å²) in [6, 6.07) is 6.12. The van der Waals surface area contributed by atoms with Gasteiger partial charge >= 0.3 is 0 Å². The molecule has 1 aliphatic heterocycles. The molecular weight excluding hydrogens is 447 g/mol. The third-order valence-corrected chi connectivity index (χ3v) is 8.23. The summed E-state index contributed by atoms with van der Waals surface area (Å²) in [5.41, 5.74) is 0.351. The van der Waals surface area contributed by atoms with Gasteiger partial charge in [-0.05, 0) is 24.3 Å². The van der Waals surface area contributed by atoms with Gasteiger partial charge in [-0.2, -0.15) is 4.31 Å². The zero-order valence-corrected chi connectivity index (χ0v) is 18.3. The molecule has 0 atom stereocenters. The molecule has 1 aromatic heterocycles. The van der Waals surface area contributed by atoms with Crippen molar-refractivity contribution >= 4 is 50.5 Å². The molecule has 0 saturated carbocycles. The largest absolute Gasteiger partial charge is 0.493 e. The molecule has 1 saturated heterocycles. The van der Waals surface area contributed by atoms with Crippen LogP contribution in [0.1, 0.15) is 10.4 Å². The number of piperazine rings is 1. The minimum absolute atomic E-state index is 0.198. The average molecular weight is 465 g/mol. The minimum atomic E-state index is -3.61. The van der Waals surface area contributed by atoms with Crippen LogP contribution in [0.25, 0.3) is 0 Å². The van der Waals surface area contributed by atoms with Gasteiger partial charge in [0, 0.05) is 31.7 Å². The fourth-order valence-electron chi connectivity index (χ4n) is 2.92. The van der Waals surface area contributed by atoms with Gasteiger partial charge in [-0.3, -0.25) is 4.79 Å². The molecular formula is C17H18Cl2N2O5S2. The highest BCUT2D eigenvalue weighted by molar-refractivity contribution is 7.91. The number of methoxy groups -OCH3 is 2. The molecule has 0 bridgehead atoms. The van der Waals surface area contributed by atoms with E-state index < -0.39 is 10.0 Å². The molecule has 11 heteroatoms. The molecule has 28 heavy (non-hydrogen) atoms. The number of sulfonamides is 1. The van der Waals surface area contributed by atoms with Crippen LogP contribution in [-0.4, -0.2) is 63.9 Å². The zero-order valence-electron chi connectivity index (χ0n) is 15.1. The van der Waals surface area contributed by atoms with Crippen molar-refractivity contribution in [3.05, 3.63) is 39.2 Å². The van der Waals surface area contributed by atoms with E-state index in [4.69, 9.17) is 32.7 Å². The molecule has 0 N–H and O–H groups in total. The molecule has 3 rings (SSSR count). The number of amides is 1. The van der Waals surface area contributed by atoms with Crippen LogP contribution < -0.4 is 9.47 Å². The molecule has 2 heterocycles. The van der Waals surface area contributed by atoms with Gasteiger partial charge in [0.05, 0.1) is 23.6 Å². The van der Waals surface area contributed by atoms with E-state index in [1.165, 1.54) is 30.7 Å². The van der Waals surface area contributed by atoms with Crippen LogP contribution in [0, 0.1) is 0 Å². The number of ether oxygens (including phenoxy) is 2. The molecule has 0 radical (unpaired) electrons. The SMILES string of the molecule is COc1cc(C(=O)N2CCN(S(=O)(=O)c3ccc(Cl)s3)CC2)cc(Cl)c1OC. The number of carbonyl (C=O) groups is 1. The van der Waals surface area contributed by atoms with Crippen molar-refractivity contribution in [3.63, 3.8) is 0 Å². The lowest BCUT2D eigenvalue weighted by Crippen LogP contribution is -2.50. The lowest BCUT2D eigenvalue weighted by Gasteiger charge is -2.33. The molecule has 1 aromatic carbocycles. The van der Waals surface area contributed by atoms with Crippen LogP contribution in [0.3, 0.4) is 0 Å². The van der Waals surface area contributed by atoms with Crippen LogP contribution in [0.4, 0.5) is 0 Å². The maximum absolute atomic E-state index is 12.8. The number of rotatable bonds is 5. The van der Waals surface area contributed by atoms with E-state index in [1.54, 1.807) is 17.0 Å². The summed E-state index contributed by atoms with van der Waals surface area (Å²) in [6.07, 6.45) is 0. The number of thiophene rings is 1. The van der Waals surface area contributed by atoms with E-state index in [2.05, 4.69) is 0 Å². The Morgan fingerprint density at radius 3 is 2.29 bits per heavy atom. The molecule has 1 amide bonds. The number of halogens is 2. The van der Waals surface area contributed by atoms with Gasteiger partial charge in [0.2, 0.25) is 0 Å². The van der Waals surface area contributed by atoms with Crippen molar-refractivity contribution in [2.24, 2.45) is 0 Å². The van der Waals surface area contributed by atoms with E-state index in [-0.39, 0.29) is 41.3 Å². The molecule has 152 valence electrons. The second kappa shape index (κ2) is 8.46. The maximum atomic E-state index is 12.8. The first-order valence-electron chi connectivity index (χ1n) is 8.24. The second-order valence-corrected chi connectivity index (χ2v) is 10.2. The first-order valence-corrected chi connectivity index (χ1v) is 11.3. The monoisotopic (exact) mass is 464 g/mol. The predicted molar refractivity (Wildman–Crippen MR) is 109 cm³/mol. The fraction of sp³-hybridized carbons (Fsp3) is 0.353. The molecule has 2 aromatic rings. The van der Waals surface area contributed by atoms with E-state index >= 15 is 0 Å². The maximum Gasteiger partial charge on any atom is 0.254 e. The van der Waals surface area contributed by atoms with E-state index in [9.17, 15) is 13.2 Å². The predicted octanol–water partition coefficient (Wildman–Crippen LogP) is 3.22.